The van der Waals surface area contributed by atoms with E-state index in [4.69, 9.17) is 14.7 Å². The largest absolute Gasteiger partial charge is 0.393 e. The molecule has 1 aromatic rings. The lowest BCUT2D eigenvalue weighted by molar-refractivity contribution is -0.0438. The molecule has 0 aromatic carbocycles. The van der Waals surface area contributed by atoms with Gasteiger partial charge < -0.3 is 14.7 Å². The lowest BCUT2D eigenvalue weighted by atomic mass is 9.89. The van der Waals surface area contributed by atoms with Crippen LogP contribution >= 0.6 is 0 Å². The van der Waals surface area contributed by atoms with Gasteiger partial charge in [-0.3, -0.25) is 0 Å². The Morgan fingerprint density at radius 2 is 1.96 bits per heavy atom. The normalized spacial score (nSPS) is 28.1. The minimum atomic E-state index is -0.264. The zero-order valence-electron chi connectivity index (χ0n) is 15.4. The number of rotatable bonds is 4. The summed E-state index contributed by atoms with van der Waals surface area (Å²) in [7, 11) is 0. The van der Waals surface area contributed by atoms with Crippen LogP contribution in [0.3, 0.4) is 0 Å². The number of nitrogens with zero attached hydrogens (tertiary/aromatic N) is 3. The molecule has 5 heteroatoms. The average molecular weight is 333 g/mol. The van der Waals surface area contributed by atoms with Crippen molar-refractivity contribution < 1.29 is 9.84 Å². The predicted molar refractivity (Wildman–Crippen MR) is 95.5 cm³/mol. The molecule has 0 bridgehead atoms. The smallest absolute Gasteiger partial charge is 0.133 e. The highest BCUT2D eigenvalue weighted by atomic mass is 16.5. The fourth-order valence-corrected chi connectivity index (χ4v) is 3.81. The highest BCUT2D eigenvalue weighted by Gasteiger charge is 2.38. The molecule has 0 radical (unpaired) electrons. The van der Waals surface area contributed by atoms with Gasteiger partial charge in [0.05, 0.1) is 12.7 Å². The van der Waals surface area contributed by atoms with Crippen LogP contribution in [0.5, 0.6) is 0 Å². The summed E-state index contributed by atoms with van der Waals surface area (Å²) in [5, 5.41) is 10.4. The summed E-state index contributed by atoms with van der Waals surface area (Å²) >= 11 is 0. The molecule has 3 rings (SSSR count). The van der Waals surface area contributed by atoms with Crippen molar-refractivity contribution in [2.75, 3.05) is 24.7 Å². The SMILES string of the molecule is CC(C)c1cc(N2CCC[C@@H]2[C@@H]2COCC[C@H]2O)nc(C(C)C)n1. The molecular weight excluding hydrogens is 302 g/mol. The Labute approximate surface area is 145 Å². The van der Waals surface area contributed by atoms with Crippen LogP contribution in [0.2, 0.25) is 0 Å². The Bertz CT molecular complexity index is 535. The van der Waals surface area contributed by atoms with Crippen LogP contribution in [0.4, 0.5) is 5.82 Å². The molecule has 134 valence electrons. The van der Waals surface area contributed by atoms with Gasteiger partial charge in [0.2, 0.25) is 0 Å². The van der Waals surface area contributed by atoms with E-state index in [1.165, 1.54) is 0 Å². The summed E-state index contributed by atoms with van der Waals surface area (Å²) in [5.74, 6) is 2.82. The van der Waals surface area contributed by atoms with E-state index < -0.39 is 0 Å². The predicted octanol–water partition coefficient (Wildman–Crippen LogP) is 3.09. The van der Waals surface area contributed by atoms with Gasteiger partial charge in [0.1, 0.15) is 11.6 Å². The van der Waals surface area contributed by atoms with Crippen molar-refractivity contribution in [3.8, 4) is 0 Å². The van der Waals surface area contributed by atoms with Gasteiger partial charge >= 0.3 is 0 Å². The Hall–Kier alpha value is -1.20. The topological polar surface area (TPSA) is 58.5 Å². The molecule has 0 saturated carbocycles. The molecule has 1 aromatic heterocycles. The maximum absolute atomic E-state index is 10.4. The van der Waals surface area contributed by atoms with Crippen molar-refractivity contribution in [3.05, 3.63) is 17.6 Å². The fraction of sp³-hybridized carbons (Fsp3) is 0.789. The zero-order valence-corrected chi connectivity index (χ0v) is 15.4. The van der Waals surface area contributed by atoms with Crippen LogP contribution in [-0.2, 0) is 4.74 Å². The third kappa shape index (κ3) is 3.57. The Kier molecular flexibility index (Phi) is 5.40. The van der Waals surface area contributed by atoms with Crippen molar-refractivity contribution in [2.24, 2.45) is 5.92 Å². The standard InChI is InChI=1S/C19H31N3O2/c1-12(2)15-10-18(21-19(20-15)13(3)4)22-8-5-6-16(22)14-11-24-9-7-17(14)23/h10,12-14,16-17,23H,5-9,11H2,1-4H3/t14-,16+,17+/m0/s1. The van der Waals surface area contributed by atoms with Crippen LogP contribution in [-0.4, -0.2) is 47.0 Å². The first-order valence-electron chi connectivity index (χ1n) is 9.38. The van der Waals surface area contributed by atoms with Gasteiger partial charge in [-0.05, 0) is 25.2 Å². The summed E-state index contributed by atoms with van der Waals surface area (Å²) in [4.78, 5) is 12.0. The van der Waals surface area contributed by atoms with Gasteiger partial charge in [-0.25, -0.2) is 9.97 Å². The van der Waals surface area contributed by atoms with Gasteiger partial charge in [0, 0.05) is 42.8 Å². The molecule has 2 saturated heterocycles. The first kappa shape index (κ1) is 17.6. The van der Waals surface area contributed by atoms with E-state index in [1.807, 2.05) is 0 Å². The first-order chi connectivity index (χ1) is 11.5. The lowest BCUT2D eigenvalue weighted by Crippen LogP contribution is -2.46. The molecule has 0 amide bonds. The quantitative estimate of drug-likeness (QED) is 0.917. The van der Waals surface area contributed by atoms with Gasteiger partial charge in [0.15, 0.2) is 0 Å². The van der Waals surface area contributed by atoms with E-state index in [1.54, 1.807) is 0 Å². The van der Waals surface area contributed by atoms with Gasteiger partial charge in [-0.2, -0.15) is 0 Å². The highest BCUT2D eigenvalue weighted by molar-refractivity contribution is 5.44. The minimum absolute atomic E-state index is 0.182. The Morgan fingerprint density at radius 1 is 1.17 bits per heavy atom. The summed E-state index contributed by atoms with van der Waals surface area (Å²) in [5.41, 5.74) is 1.11. The summed E-state index contributed by atoms with van der Waals surface area (Å²) in [6.45, 7) is 11.0. The second-order valence-corrected chi connectivity index (χ2v) is 7.82. The van der Waals surface area contributed by atoms with E-state index in [0.29, 0.717) is 31.1 Å². The summed E-state index contributed by atoms with van der Waals surface area (Å²) < 4.78 is 5.65. The van der Waals surface area contributed by atoms with Crippen molar-refractivity contribution in [1.29, 1.82) is 0 Å². The number of hydrogen-bond acceptors (Lipinski definition) is 5. The third-order valence-corrected chi connectivity index (χ3v) is 5.31. The number of aliphatic hydroxyl groups excluding tert-OH is 1. The molecule has 0 unspecified atom stereocenters. The molecule has 0 spiro atoms. The van der Waals surface area contributed by atoms with E-state index in [2.05, 4.69) is 38.7 Å². The van der Waals surface area contributed by atoms with Crippen LogP contribution in [0.15, 0.2) is 6.07 Å². The van der Waals surface area contributed by atoms with Crippen molar-refractivity contribution >= 4 is 5.82 Å². The molecule has 3 atom stereocenters. The van der Waals surface area contributed by atoms with E-state index >= 15 is 0 Å². The van der Waals surface area contributed by atoms with Crippen LogP contribution in [0.25, 0.3) is 0 Å². The Balaban J connectivity index is 1.91. The molecule has 2 fully saturated rings. The third-order valence-electron chi connectivity index (χ3n) is 5.31. The monoisotopic (exact) mass is 333 g/mol. The highest BCUT2D eigenvalue weighted by Crippen LogP contribution is 2.34. The van der Waals surface area contributed by atoms with Crippen molar-refractivity contribution in [2.45, 2.75) is 70.9 Å². The Morgan fingerprint density at radius 3 is 2.62 bits per heavy atom. The van der Waals surface area contributed by atoms with Crippen molar-refractivity contribution in [3.63, 3.8) is 0 Å². The van der Waals surface area contributed by atoms with Gasteiger partial charge in [-0.1, -0.05) is 27.7 Å². The number of anilines is 1. The molecule has 1 N–H and O–H groups in total. The fourth-order valence-electron chi connectivity index (χ4n) is 3.81. The van der Waals surface area contributed by atoms with Crippen LogP contribution < -0.4 is 4.90 Å². The maximum atomic E-state index is 10.4. The van der Waals surface area contributed by atoms with E-state index in [0.717, 1.165) is 43.1 Å². The van der Waals surface area contributed by atoms with Crippen molar-refractivity contribution in [1.82, 2.24) is 9.97 Å². The summed E-state index contributed by atoms with van der Waals surface area (Å²) in [6, 6.07) is 2.46. The van der Waals surface area contributed by atoms with E-state index in [9.17, 15) is 5.11 Å². The number of aliphatic hydroxyl groups is 1. The van der Waals surface area contributed by atoms with Gasteiger partial charge in [0.25, 0.3) is 0 Å². The summed E-state index contributed by atoms with van der Waals surface area (Å²) in [6.07, 6.45) is 2.72. The van der Waals surface area contributed by atoms with E-state index in [-0.39, 0.29) is 12.0 Å². The number of aromatic nitrogens is 2. The molecule has 3 heterocycles. The second kappa shape index (κ2) is 7.36. The van der Waals surface area contributed by atoms with Gasteiger partial charge in [-0.15, -0.1) is 0 Å². The molecular formula is C19H31N3O2. The molecule has 24 heavy (non-hydrogen) atoms. The minimum Gasteiger partial charge on any atom is -0.393 e. The molecule has 2 aliphatic heterocycles. The number of ether oxygens (including phenoxy) is 1. The molecule has 2 aliphatic rings. The first-order valence-corrected chi connectivity index (χ1v) is 9.38. The lowest BCUT2D eigenvalue weighted by Gasteiger charge is -2.37. The molecule has 5 nitrogen and oxygen atoms in total. The second-order valence-electron chi connectivity index (χ2n) is 7.82. The average Bonchev–Trinajstić information content (AvgIpc) is 3.04. The maximum Gasteiger partial charge on any atom is 0.133 e. The zero-order chi connectivity index (χ0) is 17.3. The van der Waals surface area contributed by atoms with Crippen LogP contribution in [0, 0.1) is 5.92 Å². The molecule has 0 aliphatic carbocycles. The van der Waals surface area contributed by atoms with Crippen LogP contribution in [0.1, 0.15) is 70.3 Å². The number of hydrogen-bond donors (Lipinski definition) is 1.